The van der Waals surface area contributed by atoms with Gasteiger partial charge >= 0.3 is 12.0 Å². The van der Waals surface area contributed by atoms with E-state index in [0.29, 0.717) is 13.2 Å². The molecule has 0 aromatic heterocycles. The number of amides is 2. The zero-order valence-corrected chi connectivity index (χ0v) is 12.0. The molecule has 6 nitrogen and oxygen atoms in total. The summed E-state index contributed by atoms with van der Waals surface area (Å²) < 4.78 is 18.6. The predicted octanol–water partition coefficient (Wildman–Crippen LogP) is 1.68. The number of ether oxygens (including phenoxy) is 1. The van der Waals surface area contributed by atoms with E-state index in [9.17, 15) is 14.0 Å². The van der Waals surface area contributed by atoms with Crippen molar-refractivity contribution in [3.63, 3.8) is 0 Å². The number of aliphatic carboxylic acids is 1. The van der Waals surface area contributed by atoms with Crippen molar-refractivity contribution in [1.29, 1.82) is 0 Å². The molecule has 0 spiro atoms. The monoisotopic (exact) mass is 310 g/mol. The molecule has 22 heavy (non-hydrogen) atoms. The van der Waals surface area contributed by atoms with E-state index < -0.39 is 12.0 Å². The fourth-order valence-electron chi connectivity index (χ4n) is 2.43. The second-order valence-electron chi connectivity index (χ2n) is 5.17. The molecular weight excluding hydrogens is 291 g/mol. The number of rotatable bonds is 6. The molecule has 2 rings (SSSR count). The largest absolute Gasteiger partial charge is 0.481 e. The van der Waals surface area contributed by atoms with Crippen LogP contribution < -0.4 is 10.6 Å². The Kier molecular flexibility index (Phi) is 5.71. The number of carboxylic acid groups (broad SMARTS) is 1. The fraction of sp³-hybridized carbons (Fsp3) is 0.467. The fourth-order valence-corrected chi connectivity index (χ4v) is 2.43. The first-order chi connectivity index (χ1) is 10.6. The molecule has 0 saturated carbocycles. The van der Waals surface area contributed by atoms with Gasteiger partial charge in [0.25, 0.3) is 0 Å². The van der Waals surface area contributed by atoms with Crippen LogP contribution in [-0.4, -0.2) is 36.8 Å². The average Bonchev–Trinajstić information content (AvgIpc) is 2.94. The summed E-state index contributed by atoms with van der Waals surface area (Å²) in [4.78, 5) is 21.9. The Balaban J connectivity index is 1.80. The van der Waals surface area contributed by atoms with E-state index in [1.807, 2.05) is 0 Å². The van der Waals surface area contributed by atoms with Crippen molar-refractivity contribution in [3.8, 4) is 0 Å². The molecule has 120 valence electrons. The minimum atomic E-state index is -0.958. The van der Waals surface area contributed by atoms with Crippen LogP contribution >= 0.6 is 0 Å². The van der Waals surface area contributed by atoms with E-state index >= 15 is 0 Å². The lowest BCUT2D eigenvalue weighted by Crippen LogP contribution is -2.39. The van der Waals surface area contributed by atoms with Crippen LogP contribution in [0.1, 0.15) is 24.5 Å². The summed E-state index contributed by atoms with van der Waals surface area (Å²) in [6.07, 6.45) is 0.523. The summed E-state index contributed by atoms with van der Waals surface area (Å²) in [6, 6.07) is 5.75. The van der Waals surface area contributed by atoms with Crippen LogP contribution in [0.2, 0.25) is 0 Å². The molecule has 0 unspecified atom stereocenters. The van der Waals surface area contributed by atoms with Gasteiger partial charge in [-0.15, -0.1) is 0 Å². The van der Waals surface area contributed by atoms with Gasteiger partial charge in [0.05, 0.1) is 12.5 Å². The molecule has 1 fully saturated rings. The van der Waals surface area contributed by atoms with Crippen LogP contribution in [0.15, 0.2) is 24.3 Å². The summed E-state index contributed by atoms with van der Waals surface area (Å²) in [5.41, 5.74) is 0.886. The standard InChI is InChI=1S/C15H19FN2O4/c16-12-3-1-10(2-4-12)14-11(6-8-22-14)9-18-15(21)17-7-5-13(19)20/h1-4,11,14H,5-9H2,(H,19,20)(H2,17,18,21)/t11-,14-/m0/s1. The third-order valence-electron chi connectivity index (χ3n) is 3.56. The van der Waals surface area contributed by atoms with Gasteiger partial charge in [-0.2, -0.15) is 0 Å². The highest BCUT2D eigenvalue weighted by Crippen LogP contribution is 2.34. The zero-order valence-electron chi connectivity index (χ0n) is 12.0. The Morgan fingerprint density at radius 1 is 1.27 bits per heavy atom. The minimum absolute atomic E-state index is 0.0870. The molecule has 0 aliphatic carbocycles. The van der Waals surface area contributed by atoms with Crippen molar-refractivity contribution in [2.24, 2.45) is 5.92 Å². The molecular formula is C15H19FN2O4. The lowest BCUT2D eigenvalue weighted by Gasteiger charge is -2.19. The van der Waals surface area contributed by atoms with Crippen molar-refractivity contribution in [3.05, 3.63) is 35.6 Å². The first-order valence-electron chi connectivity index (χ1n) is 7.17. The van der Waals surface area contributed by atoms with E-state index in [2.05, 4.69) is 10.6 Å². The van der Waals surface area contributed by atoms with Crippen LogP contribution in [0.25, 0.3) is 0 Å². The van der Waals surface area contributed by atoms with Crippen LogP contribution in [0.3, 0.4) is 0 Å². The number of hydrogen-bond acceptors (Lipinski definition) is 3. The van der Waals surface area contributed by atoms with Gasteiger partial charge in [0.15, 0.2) is 0 Å². The van der Waals surface area contributed by atoms with Gasteiger partial charge in [-0.25, -0.2) is 9.18 Å². The Labute approximate surface area is 127 Å². The predicted molar refractivity (Wildman–Crippen MR) is 76.9 cm³/mol. The highest BCUT2D eigenvalue weighted by Gasteiger charge is 2.29. The van der Waals surface area contributed by atoms with Gasteiger partial charge in [-0.3, -0.25) is 4.79 Å². The summed E-state index contributed by atoms with van der Waals surface area (Å²) in [6.45, 7) is 1.10. The van der Waals surface area contributed by atoms with Crippen molar-refractivity contribution >= 4 is 12.0 Å². The maximum atomic E-state index is 13.0. The first-order valence-corrected chi connectivity index (χ1v) is 7.17. The van der Waals surface area contributed by atoms with Crippen molar-refractivity contribution < 1.29 is 23.8 Å². The SMILES string of the molecule is O=C(O)CCNC(=O)NC[C@@H]1CCO[C@H]1c1ccc(F)cc1. The molecule has 1 aromatic rings. The third kappa shape index (κ3) is 4.70. The van der Waals surface area contributed by atoms with Gasteiger partial charge in [-0.1, -0.05) is 12.1 Å². The van der Waals surface area contributed by atoms with E-state index in [4.69, 9.17) is 9.84 Å². The van der Waals surface area contributed by atoms with Crippen molar-refractivity contribution in [1.82, 2.24) is 10.6 Å². The van der Waals surface area contributed by atoms with Gasteiger partial charge in [0.2, 0.25) is 0 Å². The first kappa shape index (κ1) is 16.2. The molecule has 0 bridgehead atoms. The molecule has 3 N–H and O–H groups in total. The Morgan fingerprint density at radius 2 is 2.00 bits per heavy atom. The van der Waals surface area contributed by atoms with Crippen molar-refractivity contribution in [2.75, 3.05) is 19.7 Å². The Bertz CT molecular complexity index is 521. The van der Waals surface area contributed by atoms with Crippen molar-refractivity contribution in [2.45, 2.75) is 18.9 Å². The second-order valence-corrected chi connectivity index (χ2v) is 5.17. The number of carbonyl (C=O) groups excluding carboxylic acids is 1. The summed E-state index contributed by atoms with van der Waals surface area (Å²) in [7, 11) is 0. The van der Waals surface area contributed by atoms with Gasteiger partial charge in [-0.05, 0) is 24.1 Å². The lowest BCUT2D eigenvalue weighted by atomic mass is 9.95. The number of urea groups is 1. The maximum Gasteiger partial charge on any atom is 0.314 e. The van der Waals surface area contributed by atoms with Crippen LogP contribution in [0.4, 0.5) is 9.18 Å². The molecule has 1 aromatic carbocycles. The number of carboxylic acids is 1. The number of carbonyl (C=O) groups is 2. The molecule has 2 amide bonds. The normalized spacial score (nSPS) is 20.6. The van der Waals surface area contributed by atoms with Gasteiger partial charge in [0, 0.05) is 25.6 Å². The molecule has 1 aliphatic rings. The highest BCUT2D eigenvalue weighted by atomic mass is 19.1. The third-order valence-corrected chi connectivity index (χ3v) is 3.56. The van der Waals surface area contributed by atoms with Crippen LogP contribution in [-0.2, 0) is 9.53 Å². The van der Waals surface area contributed by atoms with Crippen LogP contribution in [0, 0.1) is 11.7 Å². The van der Waals surface area contributed by atoms with Gasteiger partial charge in [0.1, 0.15) is 5.82 Å². The number of halogens is 1. The minimum Gasteiger partial charge on any atom is -0.481 e. The molecule has 1 saturated heterocycles. The van der Waals surface area contributed by atoms with E-state index in [-0.39, 0.29) is 30.8 Å². The van der Waals surface area contributed by atoms with E-state index in [0.717, 1.165) is 12.0 Å². The number of nitrogens with one attached hydrogen (secondary N) is 2. The summed E-state index contributed by atoms with van der Waals surface area (Å²) in [5, 5.41) is 13.7. The number of benzene rings is 1. The lowest BCUT2D eigenvalue weighted by molar-refractivity contribution is -0.136. The second kappa shape index (κ2) is 7.74. The molecule has 1 heterocycles. The smallest absolute Gasteiger partial charge is 0.314 e. The number of hydrogen-bond donors (Lipinski definition) is 3. The molecule has 2 atom stereocenters. The Hall–Kier alpha value is -2.15. The highest BCUT2D eigenvalue weighted by molar-refractivity contribution is 5.74. The maximum absolute atomic E-state index is 13.0. The summed E-state index contributed by atoms with van der Waals surface area (Å²) >= 11 is 0. The average molecular weight is 310 g/mol. The zero-order chi connectivity index (χ0) is 15.9. The van der Waals surface area contributed by atoms with Crippen LogP contribution in [0.5, 0.6) is 0 Å². The van der Waals surface area contributed by atoms with E-state index in [1.54, 1.807) is 12.1 Å². The molecule has 0 radical (unpaired) electrons. The Morgan fingerprint density at radius 3 is 2.68 bits per heavy atom. The van der Waals surface area contributed by atoms with E-state index in [1.165, 1.54) is 12.1 Å². The summed E-state index contributed by atoms with van der Waals surface area (Å²) in [5.74, 6) is -1.15. The van der Waals surface area contributed by atoms with Gasteiger partial charge < -0.3 is 20.5 Å². The quantitative estimate of drug-likeness (QED) is 0.746. The molecule has 7 heteroatoms. The molecule has 1 aliphatic heterocycles. The topological polar surface area (TPSA) is 87.7 Å².